The molecular weight excluding hydrogens is 182 g/mol. The summed E-state index contributed by atoms with van der Waals surface area (Å²) in [5.74, 6) is 0. The van der Waals surface area contributed by atoms with Crippen molar-refractivity contribution in [2.75, 3.05) is 32.7 Å². The lowest BCUT2D eigenvalue weighted by Crippen LogP contribution is -2.45. The highest BCUT2D eigenvalue weighted by Gasteiger charge is 2.13. The fourth-order valence-electron chi connectivity index (χ4n) is 1.44. The number of hydrogen-bond donors (Lipinski definition) is 0. The number of rotatable bonds is 4. The van der Waals surface area contributed by atoms with Crippen LogP contribution in [0.15, 0.2) is 0 Å². The zero-order valence-electron chi connectivity index (χ0n) is 7.70. The Kier molecular flexibility index (Phi) is 4.73. The molecule has 1 radical (unpaired) electrons. The van der Waals surface area contributed by atoms with Crippen LogP contribution in [-0.4, -0.2) is 48.0 Å². The standard InChI is InChI=1S/C9H14N3S/c10-3-1-2-4-11-5-7-12(9-13)8-6-11/h1-2,4-8H2. The van der Waals surface area contributed by atoms with Crippen molar-refractivity contribution in [2.24, 2.45) is 0 Å². The first kappa shape index (κ1) is 10.4. The first-order valence-electron chi connectivity index (χ1n) is 4.59. The largest absolute Gasteiger partial charge is 0.358 e. The molecule has 1 aliphatic heterocycles. The summed E-state index contributed by atoms with van der Waals surface area (Å²) in [6.45, 7) is 5.11. The lowest BCUT2D eigenvalue weighted by atomic mass is 10.2. The molecule has 0 aromatic heterocycles. The molecule has 0 spiro atoms. The van der Waals surface area contributed by atoms with E-state index in [-0.39, 0.29) is 0 Å². The maximum Gasteiger partial charge on any atom is 0.137 e. The first-order chi connectivity index (χ1) is 6.36. The van der Waals surface area contributed by atoms with E-state index >= 15 is 0 Å². The van der Waals surface area contributed by atoms with E-state index in [9.17, 15) is 0 Å². The van der Waals surface area contributed by atoms with Gasteiger partial charge in [0.25, 0.3) is 0 Å². The van der Waals surface area contributed by atoms with Gasteiger partial charge in [0.1, 0.15) is 5.49 Å². The molecule has 1 aliphatic rings. The van der Waals surface area contributed by atoms with Crippen molar-refractivity contribution in [1.82, 2.24) is 9.80 Å². The van der Waals surface area contributed by atoms with Crippen molar-refractivity contribution in [2.45, 2.75) is 12.8 Å². The Morgan fingerprint density at radius 1 is 1.23 bits per heavy atom. The molecule has 0 amide bonds. The second kappa shape index (κ2) is 5.90. The van der Waals surface area contributed by atoms with E-state index in [4.69, 9.17) is 17.5 Å². The molecule has 1 heterocycles. The van der Waals surface area contributed by atoms with E-state index < -0.39 is 0 Å². The summed E-state index contributed by atoms with van der Waals surface area (Å²) in [5.41, 5.74) is 2.73. The molecule has 4 heteroatoms. The number of nitrogens with zero attached hydrogens (tertiary/aromatic N) is 3. The molecule has 71 valence electrons. The number of thiocarbonyl (C=S) groups is 1. The third kappa shape index (κ3) is 3.71. The number of hydrogen-bond acceptors (Lipinski definition) is 3. The van der Waals surface area contributed by atoms with Gasteiger partial charge in [-0.05, 0) is 13.0 Å². The number of nitriles is 1. The second-order valence-electron chi connectivity index (χ2n) is 3.18. The van der Waals surface area contributed by atoms with Crippen molar-refractivity contribution in [1.29, 1.82) is 5.26 Å². The highest BCUT2D eigenvalue weighted by Crippen LogP contribution is 2.01. The van der Waals surface area contributed by atoms with Crippen LogP contribution in [0.4, 0.5) is 0 Å². The molecular formula is C9H14N3S. The van der Waals surface area contributed by atoms with Crippen LogP contribution in [0.5, 0.6) is 0 Å². The second-order valence-corrected chi connectivity index (χ2v) is 3.36. The van der Waals surface area contributed by atoms with E-state index in [0.717, 1.165) is 39.1 Å². The van der Waals surface area contributed by atoms with Crippen LogP contribution in [0, 0.1) is 11.3 Å². The van der Waals surface area contributed by atoms with Crippen LogP contribution in [0.25, 0.3) is 0 Å². The minimum atomic E-state index is 0.666. The van der Waals surface area contributed by atoms with Crippen molar-refractivity contribution < 1.29 is 0 Å². The van der Waals surface area contributed by atoms with Gasteiger partial charge in [-0.3, -0.25) is 4.90 Å². The summed E-state index contributed by atoms with van der Waals surface area (Å²) in [6.07, 6.45) is 1.65. The lowest BCUT2D eigenvalue weighted by molar-refractivity contribution is 0.185. The molecule has 1 saturated heterocycles. The molecule has 0 unspecified atom stereocenters. The average Bonchev–Trinajstić information content (AvgIpc) is 2.19. The Bertz CT molecular complexity index is 192. The van der Waals surface area contributed by atoms with Gasteiger partial charge < -0.3 is 4.90 Å². The molecule has 0 aromatic carbocycles. The predicted molar refractivity (Wildman–Crippen MR) is 55.5 cm³/mol. The quantitative estimate of drug-likeness (QED) is 0.490. The van der Waals surface area contributed by atoms with E-state index in [1.165, 1.54) is 0 Å². The van der Waals surface area contributed by atoms with Crippen molar-refractivity contribution >= 4 is 17.7 Å². The maximum absolute atomic E-state index is 8.38. The molecule has 1 rings (SSSR count). The first-order valence-corrected chi connectivity index (χ1v) is 4.99. The fourth-order valence-corrected chi connectivity index (χ4v) is 1.63. The Labute approximate surface area is 84.9 Å². The van der Waals surface area contributed by atoms with Gasteiger partial charge in [0.05, 0.1) is 6.07 Å². The third-order valence-corrected chi connectivity index (χ3v) is 2.52. The SMILES string of the molecule is N#CCCCN1CCN([C]=S)CC1. The molecule has 1 fully saturated rings. The Balaban J connectivity index is 2.11. The van der Waals surface area contributed by atoms with Crippen LogP contribution in [-0.2, 0) is 0 Å². The van der Waals surface area contributed by atoms with E-state index in [2.05, 4.69) is 16.5 Å². The van der Waals surface area contributed by atoms with Gasteiger partial charge in [0, 0.05) is 32.6 Å². The highest BCUT2D eigenvalue weighted by atomic mass is 32.1. The molecule has 0 bridgehead atoms. The topological polar surface area (TPSA) is 30.3 Å². The number of unbranched alkanes of at least 4 members (excludes halogenated alkanes) is 1. The van der Waals surface area contributed by atoms with Crippen molar-refractivity contribution in [3.8, 4) is 6.07 Å². The van der Waals surface area contributed by atoms with Gasteiger partial charge >= 0.3 is 0 Å². The van der Waals surface area contributed by atoms with Crippen LogP contribution >= 0.6 is 12.2 Å². The third-order valence-electron chi connectivity index (χ3n) is 2.26. The normalized spacial score (nSPS) is 18.2. The smallest absolute Gasteiger partial charge is 0.137 e. The number of piperazine rings is 1. The molecule has 3 nitrogen and oxygen atoms in total. The minimum absolute atomic E-state index is 0.666. The van der Waals surface area contributed by atoms with Crippen LogP contribution in [0.1, 0.15) is 12.8 Å². The summed E-state index contributed by atoms with van der Waals surface area (Å²) >= 11 is 4.73. The van der Waals surface area contributed by atoms with Crippen LogP contribution in [0.2, 0.25) is 0 Å². The van der Waals surface area contributed by atoms with E-state index in [1.807, 2.05) is 4.90 Å². The monoisotopic (exact) mass is 196 g/mol. The molecule has 0 N–H and O–H groups in total. The summed E-state index contributed by atoms with van der Waals surface area (Å²) < 4.78 is 0. The van der Waals surface area contributed by atoms with Crippen molar-refractivity contribution in [3.05, 3.63) is 0 Å². The zero-order chi connectivity index (χ0) is 9.52. The van der Waals surface area contributed by atoms with Crippen molar-refractivity contribution in [3.63, 3.8) is 0 Å². The Morgan fingerprint density at radius 2 is 1.92 bits per heavy atom. The molecule has 13 heavy (non-hydrogen) atoms. The Hall–Kier alpha value is -0.660. The predicted octanol–water partition coefficient (Wildman–Crippen LogP) is 0.742. The van der Waals surface area contributed by atoms with Gasteiger partial charge in [-0.1, -0.05) is 12.2 Å². The summed E-state index contributed by atoms with van der Waals surface area (Å²) in [7, 11) is 0. The van der Waals surface area contributed by atoms with Gasteiger partial charge in [-0.15, -0.1) is 0 Å². The molecule has 0 saturated carbocycles. The van der Waals surface area contributed by atoms with E-state index in [0.29, 0.717) is 6.42 Å². The summed E-state index contributed by atoms with van der Waals surface area (Å²) in [4.78, 5) is 4.41. The summed E-state index contributed by atoms with van der Waals surface area (Å²) in [5, 5.41) is 8.38. The maximum atomic E-state index is 8.38. The Morgan fingerprint density at radius 3 is 2.46 bits per heavy atom. The molecule has 0 aromatic rings. The van der Waals surface area contributed by atoms with Gasteiger partial charge in [-0.25, -0.2) is 0 Å². The summed E-state index contributed by atoms with van der Waals surface area (Å²) in [6, 6.07) is 2.16. The fraction of sp³-hybridized carbons (Fsp3) is 0.778. The van der Waals surface area contributed by atoms with Gasteiger partial charge in [0.15, 0.2) is 0 Å². The zero-order valence-corrected chi connectivity index (χ0v) is 8.52. The minimum Gasteiger partial charge on any atom is -0.358 e. The van der Waals surface area contributed by atoms with Gasteiger partial charge in [-0.2, -0.15) is 5.26 Å². The van der Waals surface area contributed by atoms with Crippen LogP contribution < -0.4 is 0 Å². The highest BCUT2D eigenvalue weighted by molar-refractivity contribution is 7.78. The van der Waals surface area contributed by atoms with Crippen LogP contribution in [0.3, 0.4) is 0 Å². The lowest BCUT2D eigenvalue weighted by Gasteiger charge is -2.32. The van der Waals surface area contributed by atoms with Gasteiger partial charge in [0.2, 0.25) is 0 Å². The average molecular weight is 196 g/mol. The van der Waals surface area contributed by atoms with E-state index in [1.54, 1.807) is 0 Å². The molecule has 0 aliphatic carbocycles. The molecule has 0 atom stereocenters.